The van der Waals surface area contributed by atoms with Gasteiger partial charge in [0, 0.05) is 23.0 Å². The lowest BCUT2D eigenvalue weighted by Gasteiger charge is -2.38. The van der Waals surface area contributed by atoms with E-state index in [1.807, 2.05) is 32.0 Å². The fourth-order valence-electron chi connectivity index (χ4n) is 3.54. The van der Waals surface area contributed by atoms with Crippen LogP contribution in [0.25, 0.3) is 0 Å². The van der Waals surface area contributed by atoms with Gasteiger partial charge in [0.25, 0.3) is 0 Å². The fraction of sp³-hybridized carbons (Fsp3) is 0.316. The van der Waals surface area contributed by atoms with E-state index >= 15 is 0 Å². The second kappa shape index (κ2) is 7.78. The summed E-state index contributed by atoms with van der Waals surface area (Å²) >= 11 is 1.32. The third kappa shape index (κ3) is 3.27. The van der Waals surface area contributed by atoms with Crippen LogP contribution in [0.5, 0.6) is 0 Å². The molecule has 0 amide bonds. The number of oxime groups is 2. The van der Waals surface area contributed by atoms with Crippen LogP contribution >= 0.6 is 11.3 Å². The van der Waals surface area contributed by atoms with Gasteiger partial charge >= 0.3 is 0 Å². The van der Waals surface area contributed by atoms with Crippen LogP contribution in [-0.4, -0.2) is 39.3 Å². The number of nitrogen functional groups attached to an aromatic ring is 1. The first kappa shape index (κ1) is 18.9. The first-order valence-corrected chi connectivity index (χ1v) is 9.41. The second-order valence-corrected chi connectivity index (χ2v) is 7.66. The number of nitrogens with two attached hydrogens (primary N) is 1. The van der Waals surface area contributed by atoms with Crippen LogP contribution in [0.2, 0.25) is 0 Å². The summed E-state index contributed by atoms with van der Waals surface area (Å²) in [6, 6.07) is 10.9. The topological polar surface area (TPSA) is 118 Å². The van der Waals surface area contributed by atoms with Crippen molar-refractivity contribution >= 4 is 27.8 Å². The monoisotopic (exact) mass is 383 g/mol. The van der Waals surface area contributed by atoms with Crippen LogP contribution < -0.4 is 5.73 Å². The van der Waals surface area contributed by atoms with E-state index in [0.29, 0.717) is 29.1 Å². The molecule has 3 rings (SSSR count). The minimum Gasteiger partial charge on any atom is -0.411 e. The molecule has 0 saturated heterocycles. The number of hydrogen-bond acceptors (Lipinski definition) is 8. The zero-order valence-corrected chi connectivity index (χ0v) is 15.9. The molecule has 0 bridgehead atoms. The normalized spacial score (nSPS) is 18.4. The van der Waals surface area contributed by atoms with Crippen molar-refractivity contribution in [2.45, 2.75) is 32.4 Å². The lowest BCUT2D eigenvalue weighted by Crippen LogP contribution is -2.45. The molecule has 1 aromatic heterocycles. The van der Waals surface area contributed by atoms with Crippen molar-refractivity contribution in [3.63, 3.8) is 0 Å². The minimum absolute atomic E-state index is 0.143. The maximum atomic E-state index is 9.88. The molecular weight excluding hydrogens is 362 g/mol. The molecule has 27 heavy (non-hydrogen) atoms. The Kier molecular flexibility index (Phi) is 5.44. The SMILES string of the molecule is CC(C)N1CCc2c(sc(N)c2C#N)C1C(=NO)C(=NO)c1ccccc1. The fourth-order valence-corrected chi connectivity index (χ4v) is 4.73. The largest absolute Gasteiger partial charge is 0.411 e. The van der Waals surface area contributed by atoms with Crippen molar-refractivity contribution < 1.29 is 10.4 Å². The van der Waals surface area contributed by atoms with Gasteiger partial charge in [-0.3, -0.25) is 4.90 Å². The maximum absolute atomic E-state index is 9.88. The molecule has 140 valence electrons. The molecule has 0 saturated carbocycles. The van der Waals surface area contributed by atoms with E-state index in [9.17, 15) is 15.7 Å². The van der Waals surface area contributed by atoms with Crippen LogP contribution in [-0.2, 0) is 6.42 Å². The Morgan fingerprint density at radius 2 is 2.00 bits per heavy atom. The maximum Gasteiger partial charge on any atom is 0.136 e. The van der Waals surface area contributed by atoms with Gasteiger partial charge in [0.15, 0.2) is 0 Å². The van der Waals surface area contributed by atoms with Gasteiger partial charge in [0.1, 0.15) is 22.5 Å². The Morgan fingerprint density at radius 3 is 2.56 bits per heavy atom. The Labute approximate surface area is 161 Å². The molecule has 8 heteroatoms. The Balaban J connectivity index is 2.18. The second-order valence-electron chi connectivity index (χ2n) is 6.58. The Hall–Kier alpha value is -2.89. The van der Waals surface area contributed by atoms with E-state index in [4.69, 9.17) is 5.73 Å². The van der Waals surface area contributed by atoms with Gasteiger partial charge < -0.3 is 16.1 Å². The molecule has 1 atom stereocenters. The molecule has 0 spiro atoms. The lowest BCUT2D eigenvalue weighted by molar-refractivity contribution is 0.183. The molecule has 7 nitrogen and oxygen atoms in total. The van der Waals surface area contributed by atoms with Gasteiger partial charge in [-0.25, -0.2) is 0 Å². The smallest absolute Gasteiger partial charge is 0.136 e. The van der Waals surface area contributed by atoms with Gasteiger partial charge in [-0.2, -0.15) is 5.26 Å². The number of benzene rings is 1. The average molecular weight is 383 g/mol. The van der Waals surface area contributed by atoms with Crippen molar-refractivity contribution in [1.82, 2.24) is 4.90 Å². The number of hydrogen-bond donors (Lipinski definition) is 3. The molecule has 0 radical (unpaired) electrons. The van der Waals surface area contributed by atoms with E-state index in [1.54, 1.807) is 12.1 Å². The van der Waals surface area contributed by atoms with E-state index < -0.39 is 6.04 Å². The van der Waals surface area contributed by atoms with E-state index in [2.05, 4.69) is 21.3 Å². The number of nitrogens with zero attached hydrogens (tertiary/aromatic N) is 4. The number of nitriles is 1. The summed E-state index contributed by atoms with van der Waals surface area (Å²) in [7, 11) is 0. The van der Waals surface area contributed by atoms with Gasteiger partial charge in [-0.15, -0.1) is 11.3 Å². The van der Waals surface area contributed by atoms with Crippen molar-refractivity contribution in [2.24, 2.45) is 10.3 Å². The standard InChI is InChI=1S/C19H21N5O2S/c1-11(2)24-9-8-13-14(10-20)19(21)27-18(13)17(24)16(23-26)15(22-25)12-6-4-3-5-7-12/h3-7,11,17,25-26H,8-9,21H2,1-2H3. The summed E-state index contributed by atoms with van der Waals surface area (Å²) < 4.78 is 0. The number of thiophene rings is 1. The predicted molar refractivity (Wildman–Crippen MR) is 106 cm³/mol. The third-order valence-electron chi connectivity index (χ3n) is 4.80. The zero-order valence-electron chi connectivity index (χ0n) is 15.1. The highest BCUT2D eigenvalue weighted by atomic mass is 32.1. The van der Waals surface area contributed by atoms with Crippen molar-refractivity contribution in [2.75, 3.05) is 12.3 Å². The summed E-state index contributed by atoms with van der Waals surface area (Å²) in [5.41, 5.74) is 8.49. The first-order chi connectivity index (χ1) is 13.0. The molecule has 0 fully saturated rings. The van der Waals surface area contributed by atoms with Gasteiger partial charge in [-0.05, 0) is 25.8 Å². The summed E-state index contributed by atoms with van der Waals surface area (Å²) in [5, 5.41) is 36.5. The predicted octanol–water partition coefficient (Wildman–Crippen LogP) is 3.22. The van der Waals surface area contributed by atoms with Gasteiger partial charge in [-0.1, -0.05) is 40.6 Å². The quantitative estimate of drug-likeness (QED) is 0.425. The number of fused-ring (bicyclic) bond motifs is 1. The molecule has 0 aliphatic carbocycles. The lowest BCUT2D eigenvalue weighted by atomic mass is 9.90. The summed E-state index contributed by atoms with van der Waals surface area (Å²) in [6.45, 7) is 4.77. The Bertz CT molecular complexity index is 928. The first-order valence-electron chi connectivity index (χ1n) is 8.60. The van der Waals surface area contributed by atoms with Crippen LogP contribution in [0, 0.1) is 11.3 Å². The van der Waals surface area contributed by atoms with Crippen LogP contribution in [0.4, 0.5) is 5.00 Å². The molecule has 1 aromatic carbocycles. The van der Waals surface area contributed by atoms with Gasteiger partial charge in [0.05, 0.1) is 11.6 Å². The minimum atomic E-state index is -0.459. The third-order valence-corrected chi connectivity index (χ3v) is 5.91. The van der Waals surface area contributed by atoms with Crippen molar-refractivity contribution in [3.05, 3.63) is 51.9 Å². The average Bonchev–Trinajstić information content (AvgIpc) is 3.01. The summed E-state index contributed by atoms with van der Waals surface area (Å²) in [6.07, 6.45) is 0.691. The van der Waals surface area contributed by atoms with Gasteiger partial charge in [0.2, 0.25) is 0 Å². The molecule has 2 aromatic rings. The molecule has 1 aliphatic rings. The van der Waals surface area contributed by atoms with E-state index in [-0.39, 0.29) is 17.5 Å². The highest BCUT2D eigenvalue weighted by molar-refractivity contribution is 7.16. The highest BCUT2D eigenvalue weighted by Crippen LogP contribution is 2.42. The van der Waals surface area contributed by atoms with Crippen molar-refractivity contribution in [3.8, 4) is 6.07 Å². The van der Waals surface area contributed by atoms with E-state index in [1.165, 1.54) is 11.3 Å². The number of anilines is 1. The van der Waals surface area contributed by atoms with E-state index in [0.717, 1.165) is 10.4 Å². The van der Waals surface area contributed by atoms with Crippen LogP contribution in [0.15, 0.2) is 40.6 Å². The summed E-state index contributed by atoms with van der Waals surface area (Å²) in [5.74, 6) is 0. The zero-order chi connectivity index (χ0) is 19.6. The Morgan fingerprint density at radius 1 is 1.30 bits per heavy atom. The molecule has 1 aliphatic heterocycles. The van der Waals surface area contributed by atoms with Crippen LogP contribution in [0.1, 0.15) is 41.5 Å². The molecule has 4 N–H and O–H groups in total. The summed E-state index contributed by atoms with van der Waals surface area (Å²) in [4.78, 5) is 3.01. The van der Waals surface area contributed by atoms with Crippen molar-refractivity contribution in [1.29, 1.82) is 5.26 Å². The number of rotatable bonds is 4. The molecular formula is C19H21N5O2S. The highest BCUT2D eigenvalue weighted by Gasteiger charge is 2.39. The molecule has 2 heterocycles. The molecule has 1 unspecified atom stereocenters. The van der Waals surface area contributed by atoms with Crippen LogP contribution in [0.3, 0.4) is 0 Å².